The molecule has 1 aliphatic rings. The van der Waals surface area contributed by atoms with Crippen LogP contribution in [0.2, 0.25) is 0 Å². The summed E-state index contributed by atoms with van der Waals surface area (Å²) in [7, 11) is 0. The van der Waals surface area contributed by atoms with Gasteiger partial charge in [-0.25, -0.2) is 4.79 Å². The van der Waals surface area contributed by atoms with Gasteiger partial charge in [0.15, 0.2) is 0 Å². The lowest BCUT2D eigenvalue weighted by Crippen LogP contribution is -2.57. The van der Waals surface area contributed by atoms with Crippen LogP contribution < -0.4 is 16.4 Å². The standard InChI is InChI=1S/C24H31N5O7S/c25-15(10-13-11-26-16-5-2-1-4-14(13)16)23(34)29-9-3-6-19(29)22(33)27-17(7-8-20(30)31)21(32)28-18(12-37)24(35)36/h1-2,4-5,11,15,17-19,26,37H,3,6-10,12,25H2,(H,27,33)(H,28,32)(H,30,31)(H,35,36). The lowest BCUT2D eigenvalue weighted by atomic mass is 10.0. The lowest BCUT2D eigenvalue weighted by Gasteiger charge is -2.28. The zero-order chi connectivity index (χ0) is 27.1. The maximum Gasteiger partial charge on any atom is 0.327 e. The average molecular weight is 534 g/mol. The van der Waals surface area contributed by atoms with Gasteiger partial charge in [0.25, 0.3) is 0 Å². The molecule has 2 heterocycles. The number of nitrogens with zero attached hydrogens (tertiary/aromatic N) is 1. The number of hydrogen-bond donors (Lipinski definition) is 7. The highest BCUT2D eigenvalue weighted by molar-refractivity contribution is 7.80. The smallest absolute Gasteiger partial charge is 0.327 e. The SMILES string of the molecule is NC(Cc1c[nH]c2ccccc12)C(=O)N1CCCC1C(=O)NC(CCC(=O)O)C(=O)NC(CS)C(=O)O. The van der Waals surface area contributed by atoms with Crippen LogP contribution in [-0.2, 0) is 30.4 Å². The summed E-state index contributed by atoms with van der Waals surface area (Å²) in [6.07, 6.45) is 2.27. The van der Waals surface area contributed by atoms with E-state index in [1.54, 1.807) is 6.20 Å². The highest BCUT2D eigenvalue weighted by Gasteiger charge is 2.38. The molecule has 37 heavy (non-hydrogen) atoms. The summed E-state index contributed by atoms with van der Waals surface area (Å²) in [6, 6.07) is 3.22. The summed E-state index contributed by atoms with van der Waals surface area (Å²) < 4.78 is 0. The highest BCUT2D eigenvalue weighted by atomic mass is 32.1. The molecule has 3 amide bonds. The second-order valence-electron chi connectivity index (χ2n) is 8.94. The van der Waals surface area contributed by atoms with Gasteiger partial charge in [-0.2, -0.15) is 12.6 Å². The molecule has 1 saturated heterocycles. The largest absolute Gasteiger partial charge is 0.481 e. The lowest BCUT2D eigenvalue weighted by molar-refractivity contribution is -0.143. The zero-order valence-corrected chi connectivity index (χ0v) is 20.9. The number of benzene rings is 1. The van der Waals surface area contributed by atoms with Crippen molar-refractivity contribution in [1.29, 1.82) is 0 Å². The quantitative estimate of drug-likeness (QED) is 0.183. The Hall–Kier alpha value is -3.58. The topological polar surface area (TPSA) is 195 Å². The van der Waals surface area contributed by atoms with E-state index in [-0.39, 0.29) is 18.6 Å². The van der Waals surface area contributed by atoms with E-state index in [0.717, 1.165) is 16.5 Å². The van der Waals surface area contributed by atoms with Crippen molar-refractivity contribution in [3.05, 3.63) is 36.0 Å². The van der Waals surface area contributed by atoms with Crippen molar-refractivity contribution in [2.75, 3.05) is 12.3 Å². The van der Waals surface area contributed by atoms with Gasteiger partial charge in [0.1, 0.15) is 18.1 Å². The molecule has 0 spiro atoms. The maximum atomic E-state index is 13.2. The Bertz CT molecular complexity index is 1170. The second-order valence-corrected chi connectivity index (χ2v) is 9.30. The summed E-state index contributed by atoms with van der Waals surface area (Å²) in [5.74, 6) is -4.58. The Balaban J connectivity index is 1.68. The van der Waals surface area contributed by atoms with Crippen molar-refractivity contribution in [3.8, 4) is 0 Å². The molecule has 1 aromatic heterocycles. The van der Waals surface area contributed by atoms with Gasteiger partial charge < -0.3 is 36.5 Å². The van der Waals surface area contributed by atoms with Crippen molar-refractivity contribution in [2.45, 2.75) is 56.3 Å². The van der Waals surface area contributed by atoms with Crippen molar-refractivity contribution in [1.82, 2.24) is 20.5 Å². The number of nitrogens with two attached hydrogens (primary N) is 1. The van der Waals surface area contributed by atoms with E-state index in [1.807, 2.05) is 24.3 Å². The van der Waals surface area contributed by atoms with Gasteiger partial charge >= 0.3 is 11.9 Å². The first-order valence-electron chi connectivity index (χ1n) is 11.9. The Morgan fingerprint density at radius 2 is 1.86 bits per heavy atom. The molecule has 1 aliphatic heterocycles. The van der Waals surface area contributed by atoms with Crippen LogP contribution in [0.15, 0.2) is 30.5 Å². The molecule has 12 nitrogen and oxygen atoms in total. The van der Waals surface area contributed by atoms with Gasteiger partial charge in [0.05, 0.1) is 6.04 Å². The minimum Gasteiger partial charge on any atom is -0.481 e. The van der Waals surface area contributed by atoms with Gasteiger partial charge in [-0.05, 0) is 37.3 Å². The number of carbonyl (C=O) groups is 5. The van der Waals surface area contributed by atoms with Crippen LogP contribution in [0.5, 0.6) is 0 Å². The molecule has 13 heteroatoms. The van der Waals surface area contributed by atoms with Gasteiger partial charge in [-0.15, -0.1) is 0 Å². The molecule has 1 fully saturated rings. The average Bonchev–Trinajstić information content (AvgIpc) is 3.51. The predicted octanol–water partition coefficient (Wildman–Crippen LogP) is -0.122. The van der Waals surface area contributed by atoms with Gasteiger partial charge in [0, 0.05) is 35.8 Å². The van der Waals surface area contributed by atoms with Crippen LogP contribution in [-0.4, -0.2) is 86.2 Å². The monoisotopic (exact) mass is 533 g/mol. The van der Waals surface area contributed by atoms with E-state index in [0.29, 0.717) is 19.4 Å². The third-order valence-corrected chi connectivity index (χ3v) is 6.71. The predicted molar refractivity (Wildman–Crippen MR) is 137 cm³/mol. The van der Waals surface area contributed by atoms with Gasteiger partial charge in [0.2, 0.25) is 17.7 Å². The Labute approximate surface area is 218 Å². The zero-order valence-electron chi connectivity index (χ0n) is 20.1. The van der Waals surface area contributed by atoms with Crippen LogP contribution >= 0.6 is 12.6 Å². The third kappa shape index (κ3) is 7.01. The van der Waals surface area contributed by atoms with Crippen molar-refractivity contribution < 1.29 is 34.2 Å². The number of hydrogen-bond acceptors (Lipinski definition) is 7. The fourth-order valence-corrected chi connectivity index (χ4v) is 4.65. The first-order valence-corrected chi connectivity index (χ1v) is 12.5. The minimum absolute atomic E-state index is 0.195. The first-order chi connectivity index (χ1) is 17.6. The van der Waals surface area contributed by atoms with E-state index < -0.39 is 60.2 Å². The van der Waals surface area contributed by atoms with Crippen molar-refractivity contribution in [2.24, 2.45) is 5.73 Å². The Morgan fingerprint density at radius 3 is 2.54 bits per heavy atom. The number of aromatic nitrogens is 1. The summed E-state index contributed by atoms with van der Waals surface area (Å²) in [6.45, 7) is 0.311. The minimum atomic E-state index is -1.32. The molecule has 4 atom stereocenters. The molecule has 200 valence electrons. The molecular formula is C24H31N5O7S. The number of carbonyl (C=O) groups excluding carboxylic acids is 3. The molecular weight excluding hydrogens is 502 g/mol. The Morgan fingerprint density at radius 1 is 1.14 bits per heavy atom. The van der Waals surface area contributed by atoms with Crippen LogP contribution in [0, 0.1) is 0 Å². The number of rotatable bonds is 12. The Kier molecular flexibility index (Phi) is 9.53. The highest BCUT2D eigenvalue weighted by Crippen LogP contribution is 2.22. The van der Waals surface area contributed by atoms with Gasteiger partial charge in [-0.3, -0.25) is 19.2 Å². The van der Waals surface area contributed by atoms with E-state index in [9.17, 15) is 29.1 Å². The molecule has 0 radical (unpaired) electrons. The van der Waals surface area contributed by atoms with Crippen molar-refractivity contribution in [3.63, 3.8) is 0 Å². The number of aliphatic carboxylic acids is 2. The number of nitrogens with one attached hydrogen (secondary N) is 3. The van der Waals surface area contributed by atoms with Crippen LogP contribution in [0.25, 0.3) is 10.9 Å². The van der Waals surface area contributed by atoms with Crippen LogP contribution in [0.4, 0.5) is 0 Å². The van der Waals surface area contributed by atoms with E-state index in [1.165, 1.54) is 4.90 Å². The molecule has 2 aromatic rings. The van der Waals surface area contributed by atoms with E-state index >= 15 is 0 Å². The number of aromatic amines is 1. The number of para-hydroxylation sites is 1. The fourth-order valence-electron chi connectivity index (χ4n) is 4.40. The second kappa shape index (κ2) is 12.6. The normalized spacial score (nSPS) is 17.7. The van der Waals surface area contributed by atoms with Crippen LogP contribution in [0.1, 0.15) is 31.2 Å². The molecule has 0 bridgehead atoms. The number of H-pyrrole nitrogens is 1. The summed E-state index contributed by atoms with van der Waals surface area (Å²) >= 11 is 3.89. The molecule has 4 unspecified atom stereocenters. The summed E-state index contributed by atoms with van der Waals surface area (Å²) in [5, 5.41) is 23.9. The van der Waals surface area contributed by atoms with Crippen LogP contribution in [0.3, 0.4) is 0 Å². The fraction of sp³-hybridized carbons (Fsp3) is 0.458. The summed E-state index contributed by atoms with van der Waals surface area (Å²) in [4.78, 5) is 65.8. The third-order valence-electron chi connectivity index (χ3n) is 6.35. The number of carboxylic acid groups (broad SMARTS) is 2. The van der Waals surface area contributed by atoms with E-state index in [4.69, 9.17) is 10.8 Å². The van der Waals surface area contributed by atoms with Crippen molar-refractivity contribution >= 4 is 53.2 Å². The maximum absolute atomic E-state index is 13.2. The summed E-state index contributed by atoms with van der Waals surface area (Å²) in [5.41, 5.74) is 8.04. The molecule has 0 aliphatic carbocycles. The molecule has 1 aromatic carbocycles. The number of likely N-dealkylation sites (tertiary alicyclic amines) is 1. The number of carboxylic acids is 2. The molecule has 0 saturated carbocycles. The number of fused-ring (bicyclic) bond motifs is 1. The first kappa shape index (κ1) is 28.0. The van der Waals surface area contributed by atoms with E-state index in [2.05, 4.69) is 28.2 Å². The number of amides is 3. The molecule has 3 rings (SSSR count). The molecule has 7 N–H and O–H groups in total. The number of thiol groups is 1. The van der Waals surface area contributed by atoms with Gasteiger partial charge in [-0.1, -0.05) is 18.2 Å².